The first-order valence-electron chi connectivity index (χ1n) is 11.2. The number of benzene rings is 1. The second kappa shape index (κ2) is 10.2. The highest BCUT2D eigenvalue weighted by Crippen LogP contribution is 2.32. The first-order valence-corrected chi connectivity index (χ1v) is 11.2. The minimum absolute atomic E-state index is 0.0629. The molecule has 12 heteroatoms. The number of nitrogens with one attached hydrogen (secondary N) is 1. The summed E-state index contributed by atoms with van der Waals surface area (Å²) < 4.78 is 51.7. The smallest absolute Gasteiger partial charge is 0.435 e. The lowest BCUT2D eigenvalue weighted by atomic mass is 10.1. The highest BCUT2D eigenvalue weighted by atomic mass is 19.4. The number of rotatable bonds is 7. The molecule has 3 heterocycles. The number of pyridine rings is 1. The van der Waals surface area contributed by atoms with E-state index in [4.69, 9.17) is 9.47 Å². The van der Waals surface area contributed by atoms with Gasteiger partial charge in [0.1, 0.15) is 5.75 Å². The molecule has 37 heavy (non-hydrogen) atoms. The van der Waals surface area contributed by atoms with E-state index in [0.717, 1.165) is 16.3 Å². The number of hydrogen-bond donors (Lipinski definition) is 1. The highest BCUT2D eigenvalue weighted by molar-refractivity contribution is 5.91. The monoisotopic (exact) mass is 512 g/mol. The van der Waals surface area contributed by atoms with Crippen LogP contribution in [0.1, 0.15) is 34.2 Å². The third kappa shape index (κ3) is 5.68. The molecule has 0 unspecified atom stereocenters. The van der Waals surface area contributed by atoms with Crippen LogP contribution in [-0.4, -0.2) is 44.4 Å². The quantitative estimate of drug-likeness (QED) is 0.333. The third-order valence-electron chi connectivity index (χ3n) is 5.25. The summed E-state index contributed by atoms with van der Waals surface area (Å²) in [5.74, 6) is 0.205. The number of alkyl halides is 3. The predicted molar refractivity (Wildman–Crippen MR) is 129 cm³/mol. The molecule has 4 rings (SSSR count). The minimum Gasteiger partial charge on any atom is -0.497 e. The molecule has 0 bridgehead atoms. The number of halogens is 3. The number of nitrogens with zero attached hydrogens (tertiary/aromatic N) is 5. The van der Waals surface area contributed by atoms with Gasteiger partial charge in [0.15, 0.2) is 11.5 Å². The van der Waals surface area contributed by atoms with Crippen molar-refractivity contribution in [2.75, 3.05) is 19.0 Å². The van der Waals surface area contributed by atoms with E-state index in [1.54, 1.807) is 20.1 Å². The molecule has 0 spiro atoms. The first-order chi connectivity index (χ1) is 17.6. The van der Waals surface area contributed by atoms with Crippen molar-refractivity contribution in [3.63, 3.8) is 0 Å². The zero-order chi connectivity index (χ0) is 26.7. The summed E-state index contributed by atoms with van der Waals surface area (Å²) >= 11 is 0. The molecule has 1 N–H and O–H groups in total. The van der Waals surface area contributed by atoms with Gasteiger partial charge in [0.05, 0.1) is 19.3 Å². The van der Waals surface area contributed by atoms with Crippen molar-refractivity contribution in [1.82, 2.24) is 24.7 Å². The van der Waals surface area contributed by atoms with Crippen molar-refractivity contribution < 1.29 is 27.4 Å². The summed E-state index contributed by atoms with van der Waals surface area (Å²) in [4.78, 5) is 25.2. The second-order valence-corrected chi connectivity index (χ2v) is 8.06. The van der Waals surface area contributed by atoms with Crippen molar-refractivity contribution >= 4 is 17.6 Å². The van der Waals surface area contributed by atoms with E-state index in [0.29, 0.717) is 22.6 Å². The van der Waals surface area contributed by atoms with Crippen molar-refractivity contribution in [2.45, 2.75) is 26.9 Å². The average Bonchev–Trinajstić information content (AvgIpc) is 3.26. The Labute approximate surface area is 210 Å². The summed E-state index contributed by atoms with van der Waals surface area (Å²) in [6.07, 6.45) is -0.428. The van der Waals surface area contributed by atoms with Gasteiger partial charge < -0.3 is 14.8 Å². The zero-order valence-corrected chi connectivity index (χ0v) is 20.4. The number of anilines is 2. The van der Waals surface area contributed by atoms with Crippen LogP contribution in [0.3, 0.4) is 0 Å². The van der Waals surface area contributed by atoms with Gasteiger partial charge >= 0.3 is 12.1 Å². The number of ether oxygens (including phenoxy) is 2. The normalized spacial score (nSPS) is 11.3. The molecule has 3 aromatic heterocycles. The van der Waals surface area contributed by atoms with Crippen molar-refractivity contribution in [3.05, 3.63) is 71.4 Å². The SMILES string of the molecule is CCOC(=O)c1cncc(-c2cnc(Nc3cc(C)cc(OC)c3)nc2-n2nc(C(F)(F)F)cc2C)c1. The maximum Gasteiger partial charge on any atom is 0.435 e. The topological polar surface area (TPSA) is 104 Å². The van der Waals surface area contributed by atoms with E-state index < -0.39 is 17.8 Å². The highest BCUT2D eigenvalue weighted by Gasteiger charge is 2.35. The van der Waals surface area contributed by atoms with E-state index in [-0.39, 0.29) is 29.6 Å². The maximum atomic E-state index is 13.4. The molecule has 0 atom stereocenters. The summed E-state index contributed by atoms with van der Waals surface area (Å²) in [7, 11) is 1.54. The van der Waals surface area contributed by atoms with Gasteiger partial charge in [-0.15, -0.1) is 0 Å². The Bertz CT molecular complexity index is 1450. The summed E-state index contributed by atoms with van der Waals surface area (Å²) in [5.41, 5.74) is 1.55. The molecule has 4 aromatic rings. The molecule has 192 valence electrons. The van der Waals surface area contributed by atoms with Gasteiger partial charge in [-0.3, -0.25) is 4.98 Å². The van der Waals surface area contributed by atoms with E-state index >= 15 is 0 Å². The molecule has 0 amide bonds. The van der Waals surface area contributed by atoms with Crippen LogP contribution < -0.4 is 10.1 Å². The molecule has 0 aliphatic rings. The lowest BCUT2D eigenvalue weighted by Crippen LogP contribution is -2.11. The van der Waals surface area contributed by atoms with Gasteiger partial charge in [-0.2, -0.15) is 23.3 Å². The van der Waals surface area contributed by atoms with E-state index in [1.807, 2.05) is 19.1 Å². The van der Waals surface area contributed by atoms with Gasteiger partial charge in [-0.05, 0) is 50.6 Å². The van der Waals surface area contributed by atoms with Gasteiger partial charge in [0, 0.05) is 47.2 Å². The first kappa shape index (κ1) is 25.6. The third-order valence-corrected chi connectivity index (χ3v) is 5.25. The molecule has 0 saturated carbocycles. The van der Waals surface area contributed by atoms with Crippen LogP contribution in [0, 0.1) is 13.8 Å². The Morgan fingerprint density at radius 1 is 1.08 bits per heavy atom. The zero-order valence-electron chi connectivity index (χ0n) is 20.4. The van der Waals surface area contributed by atoms with Gasteiger partial charge in [-0.1, -0.05) is 0 Å². The van der Waals surface area contributed by atoms with Crippen LogP contribution >= 0.6 is 0 Å². The van der Waals surface area contributed by atoms with Crippen LogP contribution in [0.5, 0.6) is 5.75 Å². The average molecular weight is 512 g/mol. The Kier molecular flexibility index (Phi) is 7.09. The van der Waals surface area contributed by atoms with Crippen molar-refractivity contribution in [1.29, 1.82) is 0 Å². The number of carbonyl (C=O) groups excluding carboxylic acids is 1. The van der Waals surface area contributed by atoms with E-state index in [9.17, 15) is 18.0 Å². The number of hydrogen-bond acceptors (Lipinski definition) is 8. The Hall–Kier alpha value is -4.48. The molecule has 0 fully saturated rings. The van der Waals surface area contributed by atoms with Crippen LogP contribution in [0.2, 0.25) is 0 Å². The van der Waals surface area contributed by atoms with Crippen LogP contribution in [0.15, 0.2) is 48.9 Å². The minimum atomic E-state index is -4.65. The molecular formula is C25H23F3N6O3. The van der Waals surface area contributed by atoms with Gasteiger partial charge in [0.2, 0.25) is 5.95 Å². The van der Waals surface area contributed by atoms with Crippen LogP contribution in [-0.2, 0) is 10.9 Å². The lowest BCUT2D eigenvalue weighted by molar-refractivity contribution is -0.141. The molecule has 0 saturated heterocycles. The molecular weight excluding hydrogens is 489 g/mol. The number of esters is 1. The maximum absolute atomic E-state index is 13.4. The Morgan fingerprint density at radius 3 is 2.54 bits per heavy atom. The number of methoxy groups -OCH3 is 1. The van der Waals surface area contributed by atoms with E-state index in [1.165, 1.54) is 31.6 Å². The molecule has 9 nitrogen and oxygen atoms in total. The number of aromatic nitrogens is 5. The van der Waals surface area contributed by atoms with Crippen LogP contribution in [0.25, 0.3) is 16.9 Å². The fourth-order valence-electron chi connectivity index (χ4n) is 3.61. The standard InChI is InChI=1S/C25H23F3N6O3/c1-5-37-23(35)17-9-16(11-29-12-17)20-13-30-24(31-18-6-14(2)7-19(10-18)36-4)32-22(20)34-15(3)8-21(33-34)25(26,27)28/h6-13H,5H2,1-4H3,(H,30,31,32). The summed E-state index contributed by atoms with van der Waals surface area (Å²) in [6.45, 7) is 5.22. The van der Waals surface area contributed by atoms with Gasteiger partial charge in [-0.25, -0.2) is 14.5 Å². The van der Waals surface area contributed by atoms with Gasteiger partial charge in [0.25, 0.3) is 0 Å². The largest absolute Gasteiger partial charge is 0.497 e. The molecule has 0 radical (unpaired) electrons. The van der Waals surface area contributed by atoms with Crippen LogP contribution in [0.4, 0.5) is 24.8 Å². The predicted octanol–water partition coefficient (Wildman–Crippen LogP) is 5.29. The van der Waals surface area contributed by atoms with Crippen molar-refractivity contribution in [3.8, 4) is 22.7 Å². The molecule has 1 aromatic carbocycles. The number of aryl methyl sites for hydroxylation is 2. The Morgan fingerprint density at radius 2 is 1.86 bits per heavy atom. The van der Waals surface area contributed by atoms with Crippen molar-refractivity contribution in [2.24, 2.45) is 0 Å². The van der Waals surface area contributed by atoms with E-state index in [2.05, 4.69) is 25.4 Å². The number of carbonyl (C=O) groups is 1. The lowest BCUT2D eigenvalue weighted by Gasteiger charge is -2.14. The Balaban J connectivity index is 1.85. The summed E-state index contributed by atoms with van der Waals surface area (Å²) in [5, 5.41) is 6.81. The molecule has 0 aliphatic heterocycles. The second-order valence-electron chi connectivity index (χ2n) is 8.06. The fraction of sp³-hybridized carbons (Fsp3) is 0.240. The fourth-order valence-corrected chi connectivity index (χ4v) is 3.61. The molecule has 0 aliphatic carbocycles. The summed E-state index contributed by atoms with van der Waals surface area (Å²) in [6, 6.07) is 7.85.